The molecular weight excluding hydrogens is 332 g/mol. The smallest absolute Gasteiger partial charge is 0.279 e. The third kappa shape index (κ3) is 4.52. The third-order valence-electron chi connectivity index (χ3n) is 4.60. The van der Waals surface area contributed by atoms with E-state index in [0.717, 1.165) is 29.9 Å². The molecule has 2 aliphatic heterocycles. The summed E-state index contributed by atoms with van der Waals surface area (Å²) in [7, 11) is 0. The first kappa shape index (κ1) is 17.8. The number of hydrogen-bond acceptors (Lipinski definition) is 3. The summed E-state index contributed by atoms with van der Waals surface area (Å²) in [6, 6.07) is 3.04. The molecule has 0 saturated carbocycles. The number of quaternary nitrogens is 1. The number of rotatable bonds is 4. The molecular formula is C17H22F2N3O3+. The zero-order valence-electron chi connectivity index (χ0n) is 13.9. The van der Waals surface area contributed by atoms with Crippen molar-refractivity contribution in [3.8, 4) is 0 Å². The Labute approximate surface area is 144 Å². The van der Waals surface area contributed by atoms with Crippen molar-refractivity contribution in [3.63, 3.8) is 0 Å². The van der Waals surface area contributed by atoms with Crippen molar-refractivity contribution in [3.05, 3.63) is 29.8 Å². The number of piperazine rings is 1. The second kappa shape index (κ2) is 7.88. The van der Waals surface area contributed by atoms with Crippen LogP contribution in [0, 0.1) is 11.6 Å². The van der Waals surface area contributed by atoms with Gasteiger partial charge in [-0.3, -0.25) is 9.59 Å². The van der Waals surface area contributed by atoms with Crippen LogP contribution < -0.4 is 10.2 Å². The number of ether oxygens (including phenoxy) is 1. The molecule has 8 heteroatoms. The first-order valence-electron chi connectivity index (χ1n) is 8.52. The van der Waals surface area contributed by atoms with Crippen LogP contribution in [-0.2, 0) is 14.3 Å². The van der Waals surface area contributed by atoms with Gasteiger partial charge in [0.25, 0.3) is 11.8 Å². The van der Waals surface area contributed by atoms with Gasteiger partial charge in [-0.1, -0.05) is 0 Å². The van der Waals surface area contributed by atoms with E-state index in [1.54, 1.807) is 4.90 Å². The molecule has 2 heterocycles. The summed E-state index contributed by atoms with van der Waals surface area (Å²) in [5.74, 6) is -1.78. The van der Waals surface area contributed by atoms with Crippen molar-refractivity contribution in [2.24, 2.45) is 0 Å². The van der Waals surface area contributed by atoms with Crippen LogP contribution >= 0.6 is 0 Å². The van der Waals surface area contributed by atoms with Crippen LogP contribution in [0.3, 0.4) is 0 Å². The fourth-order valence-corrected chi connectivity index (χ4v) is 3.21. The zero-order chi connectivity index (χ0) is 17.8. The molecule has 2 N–H and O–H groups in total. The molecule has 0 radical (unpaired) electrons. The van der Waals surface area contributed by atoms with Gasteiger partial charge in [0.05, 0.1) is 31.9 Å². The minimum absolute atomic E-state index is 0.0296. The van der Waals surface area contributed by atoms with E-state index in [2.05, 4.69) is 5.32 Å². The molecule has 1 atom stereocenters. The van der Waals surface area contributed by atoms with Crippen molar-refractivity contribution >= 4 is 17.5 Å². The predicted octanol–water partition coefficient (Wildman–Crippen LogP) is -0.191. The molecule has 0 spiro atoms. The Kier molecular flexibility index (Phi) is 5.60. The number of amides is 2. The van der Waals surface area contributed by atoms with Crippen LogP contribution in [0.15, 0.2) is 18.2 Å². The van der Waals surface area contributed by atoms with E-state index in [4.69, 9.17) is 4.74 Å². The summed E-state index contributed by atoms with van der Waals surface area (Å²) in [6.07, 6.45) is 1.38. The number of halogens is 2. The highest BCUT2D eigenvalue weighted by Crippen LogP contribution is 2.15. The zero-order valence-corrected chi connectivity index (χ0v) is 13.9. The summed E-state index contributed by atoms with van der Waals surface area (Å²) in [5.41, 5.74) is -0.0296. The molecule has 0 unspecified atom stereocenters. The van der Waals surface area contributed by atoms with Gasteiger partial charge in [-0.25, -0.2) is 8.78 Å². The lowest BCUT2D eigenvalue weighted by Crippen LogP contribution is -3.15. The molecule has 2 amide bonds. The van der Waals surface area contributed by atoms with Gasteiger partial charge in [0.15, 0.2) is 6.54 Å². The Bertz CT molecular complexity index is 642. The molecule has 25 heavy (non-hydrogen) atoms. The minimum atomic E-state index is -0.796. The molecule has 1 aromatic rings. The van der Waals surface area contributed by atoms with Gasteiger partial charge in [0.2, 0.25) is 0 Å². The van der Waals surface area contributed by atoms with Gasteiger partial charge in [-0.05, 0) is 25.0 Å². The second-order valence-electron chi connectivity index (χ2n) is 6.43. The second-order valence-corrected chi connectivity index (χ2v) is 6.43. The average Bonchev–Trinajstić information content (AvgIpc) is 3.12. The average molecular weight is 354 g/mol. The first-order chi connectivity index (χ1) is 12.0. The van der Waals surface area contributed by atoms with Gasteiger partial charge >= 0.3 is 0 Å². The highest BCUT2D eigenvalue weighted by atomic mass is 19.1. The maximum absolute atomic E-state index is 13.6. The lowest BCUT2D eigenvalue weighted by molar-refractivity contribution is -0.895. The van der Waals surface area contributed by atoms with Crippen molar-refractivity contribution in [1.82, 2.24) is 4.90 Å². The maximum Gasteiger partial charge on any atom is 0.279 e. The van der Waals surface area contributed by atoms with Crippen LogP contribution in [-0.4, -0.2) is 62.1 Å². The fraction of sp³-hybridized carbons (Fsp3) is 0.529. The van der Waals surface area contributed by atoms with E-state index >= 15 is 0 Å². The first-order valence-corrected chi connectivity index (χ1v) is 8.52. The Hall–Kier alpha value is -2.06. The summed E-state index contributed by atoms with van der Waals surface area (Å²) < 4.78 is 31.9. The summed E-state index contributed by atoms with van der Waals surface area (Å²) in [4.78, 5) is 27.1. The van der Waals surface area contributed by atoms with Crippen LogP contribution in [0.25, 0.3) is 0 Å². The minimum Gasteiger partial charge on any atom is -0.368 e. The highest BCUT2D eigenvalue weighted by molar-refractivity contribution is 5.91. The predicted molar refractivity (Wildman–Crippen MR) is 86.1 cm³/mol. The van der Waals surface area contributed by atoms with Gasteiger partial charge in [-0.15, -0.1) is 0 Å². The normalized spacial score (nSPS) is 21.4. The number of nitrogens with zero attached hydrogens (tertiary/aromatic N) is 1. The molecule has 2 aliphatic rings. The number of carbonyl (C=O) groups excluding carboxylic acids is 2. The number of benzene rings is 1. The molecule has 0 aromatic heterocycles. The van der Waals surface area contributed by atoms with E-state index in [-0.39, 0.29) is 30.2 Å². The van der Waals surface area contributed by atoms with Crippen molar-refractivity contribution in [2.45, 2.75) is 18.9 Å². The summed E-state index contributed by atoms with van der Waals surface area (Å²) in [5, 5.41) is 2.46. The van der Waals surface area contributed by atoms with Crippen molar-refractivity contribution in [1.29, 1.82) is 0 Å². The number of hydrogen-bond donors (Lipinski definition) is 2. The van der Waals surface area contributed by atoms with E-state index in [0.29, 0.717) is 32.8 Å². The van der Waals surface area contributed by atoms with Crippen LogP contribution in [0.4, 0.5) is 14.5 Å². The number of nitrogens with one attached hydrogen (secondary N) is 2. The quantitative estimate of drug-likeness (QED) is 0.788. The van der Waals surface area contributed by atoms with Crippen LogP contribution in [0.1, 0.15) is 12.8 Å². The summed E-state index contributed by atoms with van der Waals surface area (Å²) >= 11 is 0. The van der Waals surface area contributed by atoms with Crippen molar-refractivity contribution < 1.29 is 28.0 Å². The Morgan fingerprint density at radius 2 is 2.04 bits per heavy atom. The Morgan fingerprint density at radius 3 is 2.68 bits per heavy atom. The lowest BCUT2D eigenvalue weighted by atomic mass is 10.2. The monoisotopic (exact) mass is 354 g/mol. The maximum atomic E-state index is 13.6. The van der Waals surface area contributed by atoms with E-state index in [1.807, 2.05) is 0 Å². The van der Waals surface area contributed by atoms with E-state index in [9.17, 15) is 18.4 Å². The summed E-state index contributed by atoms with van der Waals surface area (Å²) in [6.45, 7) is 3.27. The molecule has 2 saturated heterocycles. The standard InChI is InChI=1S/C17H21F2N3O3/c18-12-3-4-14(13(19)10-12)20-16(23)11-21-5-7-22(8-6-21)17(24)15-2-1-9-25-15/h3-4,10,15H,1-2,5-9,11H2,(H,20,23)/p+1/t15-/m0/s1. The van der Waals surface area contributed by atoms with Crippen molar-refractivity contribution in [2.75, 3.05) is 44.6 Å². The molecule has 3 rings (SSSR count). The van der Waals surface area contributed by atoms with Crippen LogP contribution in [0.5, 0.6) is 0 Å². The number of anilines is 1. The largest absolute Gasteiger partial charge is 0.368 e. The lowest BCUT2D eigenvalue weighted by Gasteiger charge is -2.33. The molecule has 136 valence electrons. The van der Waals surface area contributed by atoms with Gasteiger partial charge in [-0.2, -0.15) is 0 Å². The van der Waals surface area contributed by atoms with E-state index < -0.39 is 11.6 Å². The SMILES string of the molecule is O=C(C[NH+]1CCN(C(=O)[C@@H]2CCCO2)CC1)Nc1ccc(F)cc1F. The highest BCUT2D eigenvalue weighted by Gasteiger charge is 2.32. The molecule has 1 aromatic carbocycles. The number of carbonyl (C=O) groups is 2. The molecule has 2 fully saturated rings. The van der Waals surface area contributed by atoms with Gasteiger partial charge < -0.3 is 19.9 Å². The van der Waals surface area contributed by atoms with E-state index in [1.165, 1.54) is 6.07 Å². The third-order valence-corrected chi connectivity index (χ3v) is 4.60. The Balaban J connectivity index is 1.45. The molecule has 0 aliphatic carbocycles. The Morgan fingerprint density at radius 1 is 1.28 bits per heavy atom. The topological polar surface area (TPSA) is 63.1 Å². The van der Waals surface area contributed by atoms with Crippen LogP contribution in [0.2, 0.25) is 0 Å². The van der Waals surface area contributed by atoms with Gasteiger partial charge in [0, 0.05) is 12.7 Å². The fourth-order valence-electron chi connectivity index (χ4n) is 3.21. The molecule has 6 nitrogen and oxygen atoms in total. The molecule has 0 bridgehead atoms. The van der Waals surface area contributed by atoms with Gasteiger partial charge in [0.1, 0.15) is 17.7 Å².